The molecule has 0 saturated carbocycles. The second kappa shape index (κ2) is 4.55. The van der Waals surface area contributed by atoms with Crippen molar-refractivity contribution in [1.82, 2.24) is 6.15 Å². The Bertz CT molecular complexity index is 73.7. The summed E-state index contributed by atoms with van der Waals surface area (Å²) in [5.74, 6) is -0.928. The quantitative estimate of drug-likeness (QED) is 0.549. The fourth-order valence-electron chi connectivity index (χ4n) is 0.101. The maximum Gasteiger partial charge on any atom is 0.332 e. The summed E-state index contributed by atoms with van der Waals surface area (Å²) in [6.07, 6.45) is -0.681. The van der Waals surface area contributed by atoms with Crippen LogP contribution in [0.2, 0.25) is 0 Å². The second-order valence-corrected chi connectivity index (χ2v) is 1.22. The maximum absolute atomic E-state index is 9.81. The molecule has 8 heavy (non-hydrogen) atoms. The standard InChI is InChI=1S/C4H8O3.H3N/c1-3(7-2)4(5)6;/h3H,1-2H3,(H,5,6);1H3. The van der Waals surface area contributed by atoms with Gasteiger partial charge in [0.1, 0.15) is 0 Å². The molecular formula is C4H11NO3. The van der Waals surface area contributed by atoms with Gasteiger partial charge < -0.3 is 16.0 Å². The first-order valence-electron chi connectivity index (χ1n) is 1.94. The minimum atomic E-state index is -0.928. The van der Waals surface area contributed by atoms with Gasteiger partial charge in [0.25, 0.3) is 0 Å². The van der Waals surface area contributed by atoms with Gasteiger partial charge in [-0.25, -0.2) is 4.79 Å². The summed E-state index contributed by atoms with van der Waals surface area (Å²) in [5, 5.41) is 8.06. The Balaban J connectivity index is 0. The van der Waals surface area contributed by atoms with Gasteiger partial charge in [-0.1, -0.05) is 0 Å². The van der Waals surface area contributed by atoms with E-state index >= 15 is 0 Å². The molecule has 1 unspecified atom stereocenters. The monoisotopic (exact) mass is 121 g/mol. The third-order valence-corrected chi connectivity index (χ3v) is 0.701. The van der Waals surface area contributed by atoms with E-state index in [1.54, 1.807) is 0 Å². The van der Waals surface area contributed by atoms with E-state index in [2.05, 4.69) is 4.74 Å². The molecule has 0 saturated heterocycles. The average molecular weight is 121 g/mol. The van der Waals surface area contributed by atoms with Gasteiger partial charge in [0.05, 0.1) is 0 Å². The summed E-state index contributed by atoms with van der Waals surface area (Å²) in [5.41, 5.74) is 0. The van der Waals surface area contributed by atoms with Gasteiger partial charge in [-0.05, 0) is 6.92 Å². The molecule has 0 radical (unpaired) electrons. The Hall–Kier alpha value is -0.610. The average Bonchev–Trinajstić information content (AvgIpc) is 1.65. The SMILES string of the molecule is COC(C)C(=O)O.N. The van der Waals surface area contributed by atoms with Gasteiger partial charge in [0, 0.05) is 7.11 Å². The first kappa shape index (κ1) is 10.4. The normalized spacial score (nSPS) is 11.8. The molecule has 1 atom stereocenters. The van der Waals surface area contributed by atoms with E-state index in [0.29, 0.717) is 0 Å². The van der Waals surface area contributed by atoms with Crippen molar-refractivity contribution in [3.05, 3.63) is 0 Å². The lowest BCUT2D eigenvalue weighted by molar-refractivity contribution is -0.147. The van der Waals surface area contributed by atoms with E-state index in [1.807, 2.05) is 0 Å². The van der Waals surface area contributed by atoms with E-state index in [0.717, 1.165) is 0 Å². The highest BCUT2D eigenvalue weighted by Gasteiger charge is 2.06. The fraction of sp³-hybridized carbons (Fsp3) is 0.750. The zero-order valence-corrected chi connectivity index (χ0v) is 5.05. The van der Waals surface area contributed by atoms with Crippen LogP contribution in [0.3, 0.4) is 0 Å². The predicted octanol–water partition coefficient (Wildman–Crippen LogP) is 0.268. The van der Waals surface area contributed by atoms with Crippen molar-refractivity contribution in [2.45, 2.75) is 13.0 Å². The summed E-state index contributed by atoms with van der Waals surface area (Å²) in [6.45, 7) is 1.47. The number of carbonyl (C=O) groups is 1. The molecular weight excluding hydrogens is 110 g/mol. The third kappa shape index (κ3) is 3.58. The zero-order chi connectivity index (χ0) is 5.86. The number of hydrogen-bond donors (Lipinski definition) is 2. The number of ether oxygens (including phenoxy) is 1. The van der Waals surface area contributed by atoms with Crippen LogP contribution in [-0.4, -0.2) is 24.3 Å². The topological polar surface area (TPSA) is 81.5 Å². The first-order chi connectivity index (χ1) is 3.18. The van der Waals surface area contributed by atoms with Crippen molar-refractivity contribution in [2.75, 3.05) is 7.11 Å². The predicted molar refractivity (Wildman–Crippen MR) is 29.1 cm³/mol. The van der Waals surface area contributed by atoms with E-state index in [9.17, 15) is 4.79 Å². The van der Waals surface area contributed by atoms with Crippen molar-refractivity contribution >= 4 is 5.97 Å². The Morgan fingerprint density at radius 3 is 2.12 bits per heavy atom. The molecule has 0 aliphatic rings. The zero-order valence-electron chi connectivity index (χ0n) is 5.05. The van der Waals surface area contributed by atoms with Crippen LogP contribution in [0, 0.1) is 0 Å². The van der Waals surface area contributed by atoms with E-state index in [4.69, 9.17) is 5.11 Å². The molecule has 0 rings (SSSR count). The van der Waals surface area contributed by atoms with Gasteiger partial charge in [0.2, 0.25) is 0 Å². The van der Waals surface area contributed by atoms with Gasteiger partial charge in [-0.2, -0.15) is 0 Å². The number of methoxy groups -OCH3 is 1. The summed E-state index contributed by atoms with van der Waals surface area (Å²) >= 11 is 0. The Kier molecular flexibility index (Phi) is 5.90. The van der Waals surface area contributed by atoms with Crippen LogP contribution >= 0.6 is 0 Å². The van der Waals surface area contributed by atoms with E-state index in [1.165, 1.54) is 14.0 Å². The molecule has 4 N–H and O–H groups in total. The number of aliphatic carboxylic acids is 1. The van der Waals surface area contributed by atoms with Gasteiger partial charge >= 0.3 is 5.97 Å². The molecule has 0 aliphatic carbocycles. The largest absolute Gasteiger partial charge is 0.479 e. The lowest BCUT2D eigenvalue weighted by atomic mass is 10.4. The molecule has 4 heteroatoms. The molecule has 50 valence electrons. The van der Waals surface area contributed by atoms with Crippen LogP contribution in [-0.2, 0) is 9.53 Å². The lowest BCUT2D eigenvalue weighted by Gasteiger charge is -1.98. The van der Waals surface area contributed by atoms with Crippen molar-refractivity contribution in [2.24, 2.45) is 0 Å². The number of carboxylic acids is 1. The Morgan fingerprint density at radius 2 is 2.12 bits per heavy atom. The molecule has 0 fully saturated rings. The Morgan fingerprint density at radius 1 is 1.75 bits per heavy atom. The van der Waals surface area contributed by atoms with E-state index < -0.39 is 12.1 Å². The van der Waals surface area contributed by atoms with Gasteiger partial charge in [-0.3, -0.25) is 0 Å². The Labute approximate surface area is 48.0 Å². The van der Waals surface area contributed by atoms with Crippen LogP contribution in [0.5, 0.6) is 0 Å². The molecule has 0 bridgehead atoms. The van der Waals surface area contributed by atoms with Gasteiger partial charge in [0.15, 0.2) is 6.10 Å². The highest BCUT2D eigenvalue weighted by molar-refractivity contribution is 5.71. The third-order valence-electron chi connectivity index (χ3n) is 0.701. The minimum absolute atomic E-state index is 0. The van der Waals surface area contributed by atoms with Crippen LogP contribution in [0.15, 0.2) is 0 Å². The minimum Gasteiger partial charge on any atom is -0.479 e. The molecule has 0 aliphatic heterocycles. The first-order valence-corrected chi connectivity index (χ1v) is 1.94. The number of carboxylic acid groups (broad SMARTS) is 1. The second-order valence-electron chi connectivity index (χ2n) is 1.22. The summed E-state index contributed by atoms with van der Waals surface area (Å²) in [4.78, 5) is 9.81. The van der Waals surface area contributed by atoms with Crippen molar-refractivity contribution < 1.29 is 14.6 Å². The molecule has 0 amide bonds. The number of hydrogen-bond acceptors (Lipinski definition) is 3. The highest BCUT2D eigenvalue weighted by Crippen LogP contribution is 1.83. The van der Waals surface area contributed by atoms with Crippen LogP contribution in [0.25, 0.3) is 0 Å². The molecule has 0 spiro atoms. The van der Waals surface area contributed by atoms with Crippen molar-refractivity contribution in [3.8, 4) is 0 Å². The lowest BCUT2D eigenvalue weighted by Crippen LogP contribution is -2.17. The smallest absolute Gasteiger partial charge is 0.332 e. The van der Waals surface area contributed by atoms with Crippen molar-refractivity contribution in [3.63, 3.8) is 0 Å². The van der Waals surface area contributed by atoms with Gasteiger partial charge in [-0.15, -0.1) is 0 Å². The molecule has 0 aromatic heterocycles. The summed E-state index contributed by atoms with van der Waals surface area (Å²) < 4.78 is 4.41. The van der Waals surface area contributed by atoms with E-state index in [-0.39, 0.29) is 6.15 Å². The maximum atomic E-state index is 9.81. The summed E-state index contributed by atoms with van der Waals surface area (Å²) in [6, 6.07) is 0. The summed E-state index contributed by atoms with van der Waals surface area (Å²) in [7, 11) is 1.36. The van der Waals surface area contributed by atoms with Crippen molar-refractivity contribution in [1.29, 1.82) is 0 Å². The molecule has 0 heterocycles. The highest BCUT2D eigenvalue weighted by atomic mass is 16.5. The van der Waals surface area contributed by atoms with Crippen LogP contribution in [0.1, 0.15) is 6.92 Å². The number of rotatable bonds is 2. The molecule has 0 aromatic carbocycles. The fourth-order valence-corrected chi connectivity index (χ4v) is 0.101. The molecule has 4 nitrogen and oxygen atoms in total. The van der Waals surface area contributed by atoms with Crippen LogP contribution in [0.4, 0.5) is 0 Å². The van der Waals surface area contributed by atoms with Crippen LogP contribution < -0.4 is 6.15 Å². The molecule has 0 aromatic rings.